The maximum absolute atomic E-state index is 13.9. The molecular formula is C32H39N3O2. The molecule has 5 nitrogen and oxygen atoms in total. The molecule has 2 atom stereocenters. The third kappa shape index (κ3) is 5.56. The molecule has 0 aliphatic carbocycles. The Bertz CT molecular complexity index is 1190. The molecule has 0 aromatic heterocycles. The molecule has 1 unspecified atom stereocenters. The van der Waals surface area contributed by atoms with Crippen LogP contribution >= 0.6 is 0 Å². The minimum atomic E-state index is -0.135. The van der Waals surface area contributed by atoms with Gasteiger partial charge in [0.05, 0.1) is 6.04 Å². The maximum Gasteiger partial charge on any atom is 0.258 e. The van der Waals surface area contributed by atoms with Crippen LogP contribution in [-0.4, -0.2) is 30.9 Å². The van der Waals surface area contributed by atoms with Gasteiger partial charge in [0, 0.05) is 48.2 Å². The molecule has 194 valence electrons. The summed E-state index contributed by atoms with van der Waals surface area (Å²) in [6.45, 7) is 10.4. The van der Waals surface area contributed by atoms with E-state index >= 15 is 0 Å². The largest absolute Gasteiger partial charge is 0.372 e. The van der Waals surface area contributed by atoms with Crippen molar-refractivity contribution in [2.75, 3.05) is 27.8 Å². The van der Waals surface area contributed by atoms with Crippen LogP contribution in [-0.2, 0) is 4.79 Å². The van der Waals surface area contributed by atoms with E-state index in [1.165, 1.54) is 0 Å². The number of hydrogen-bond acceptors (Lipinski definition) is 3. The fourth-order valence-electron chi connectivity index (χ4n) is 5.46. The van der Waals surface area contributed by atoms with E-state index in [1.54, 1.807) is 0 Å². The fraction of sp³-hybridized carbons (Fsp3) is 0.375. The molecule has 0 N–H and O–H groups in total. The SMILES string of the molecule is CCCN(CCC)c1ccc(C(=O)N2c3ccccc3[C@@H](N(C(=O)CC)c3ccccc3)CC2C)cc1. The molecular weight excluding hydrogens is 458 g/mol. The summed E-state index contributed by atoms with van der Waals surface area (Å²) in [6.07, 6.45) is 3.27. The number of benzene rings is 3. The van der Waals surface area contributed by atoms with Crippen LogP contribution < -0.4 is 14.7 Å². The van der Waals surface area contributed by atoms with E-state index in [-0.39, 0.29) is 23.9 Å². The second kappa shape index (κ2) is 12.1. The summed E-state index contributed by atoms with van der Waals surface area (Å²) in [4.78, 5) is 33.3. The minimum Gasteiger partial charge on any atom is -0.372 e. The summed E-state index contributed by atoms with van der Waals surface area (Å²) in [5, 5.41) is 0. The second-order valence-electron chi connectivity index (χ2n) is 9.82. The van der Waals surface area contributed by atoms with Gasteiger partial charge in [0.25, 0.3) is 5.91 Å². The van der Waals surface area contributed by atoms with E-state index in [9.17, 15) is 9.59 Å². The Morgan fingerprint density at radius 3 is 2.05 bits per heavy atom. The molecule has 0 radical (unpaired) electrons. The van der Waals surface area contributed by atoms with Gasteiger partial charge in [-0.05, 0) is 74.2 Å². The van der Waals surface area contributed by atoms with Gasteiger partial charge in [-0.3, -0.25) is 9.59 Å². The van der Waals surface area contributed by atoms with E-state index in [2.05, 4.69) is 43.9 Å². The second-order valence-corrected chi connectivity index (χ2v) is 9.82. The molecule has 3 aromatic rings. The van der Waals surface area contributed by atoms with Gasteiger partial charge in [0.15, 0.2) is 0 Å². The van der Waals surface area contributed by atoms with Crippen LogP contribution in [0.1, 0.15) is 75.3 Å². The zero-order valence-electron chi connectivity index (χ0n) is 22.6. The lowest BCUT2D eigenvalue weighted by molar-refractivity contribution is -0.118. The number of carbonyl (C=O) groups is 2. The Morgan fingerprint density at radius 1 is 0.811 bits per heavy atom. The number of anilines is 3. The van der Waals surface area contributed by atoms with E-state index in [4.69, 9.17) is 0 Å². The van der Waals surface area contributed by atoms with Gasteiger partial charge in [-0.1, -0.05) is 57.2 Å². The molecule has 0 bridgehead atoms. The molecule has 0 fully saturated rings. The molecule has 1 aliphatic heterocycles. The summed E-state index contributed by atoms with van der Waals surface area (Å²) < 4.78 is 0. The molecule has 5 heteroatoms. The summed E-state index contributed by atoms with van der Waals surface area (Å²) >= 11 is 0. The zero-order chi connectivity index (χ0) is 26.4. The third-order valence-corrected chi connectivity index (χ3v) is 7.16. The quantitative estimate of drug-likeness (QED) is 0.313. The molecule has 0 saturated heterocycles. The maximum atomic E-state index is 13.9. The number of hydrogen-bond donors (Lipinski definition) is 0. The summed E-state index contributed by atoms with van der Waals surface area (Å²) in [5.41, 5.74) is 4.61. The van der Waals surface area contributed by atoms with Crippen molar-refractivity contribution in [3.63, 3.8) is 0 Å². The summed E-state index contributed by atoms with van der Waals surface area (Å²) in [5.74, 6) is 0.0767. The zero-order valence-corrected chi connectivity index (χ0v) is 22.6. The van der Waals surface area contributed by atoms with Crippen LogP contribution in [0.3, 0.4) is 0 Å². The smallest absolute Gasteiger partial charge is 0.258 e. The summed E-state index contributed by atoms with van der Waals surface area (Å²) in [7, 11) is 0. The average Bonchev–Trinajstić information content (AvgIpc) is 2.93. The lowest BCUT2D eigenvalue weighted by Crippen LogP contribution is -2.47. The van der Waals surface area contributed by atoms with Crippen molar-refractivity contribution in [3.05, 3.63) is 90.0 Å². The first-order chi connectivity index (χ1) is 18.0. The van der Waals surface area contributed by atoms with Crippen LogP contribution in [0.4, 0.5) is 17.1 Å². The van der Waals surface area contributed by atoms with E-state index in [0.29, 0.717) is 18.4 Å². The first-order valence-electron chi connectivity index (χ1n) is 13.6. The van der Waals surface area contributed by atoms with Gasteiger partial charge < -0.3 is 14.7 Å². The fourth-order valence-corrected chi connectivity index (χ4v) is 5.46. The van der Waals surface area contributed by atoms with Crippen molar-refractivity contribution in [2.45, 2.75) is 65.5 Å². The molecule has 1 heterocycles. The van der Waals surface area contributed by atoms with Gasteiger partial charge in [-0.2, -0.15) is 0 Å². The standard InChI is InChI=1S/C32H39N3O2/c1-5-21-33(22-6-2)26-19-17-25(18-20-26)32(37)34-24(4)23-30(28-15-11-12-16-29(28)34)35(31(36)7-3)27-13-9-8-10-14-27/h8-20,24,30H,5-7,21-23H2,1-4H3/t24?,30-/m0/s1. The minimum absolute atomic E-state index is 0.00411. The number of para-hydroxylation sites is 2. The van der Waals surface area contributed by atoms with Gasteiger partial charge in [0.2, 0.25) is 5.91 Å². The van der Waals surface area contributed by atoms with E-state index in [1.807, 2.05) is 77.4 Å². The lowest BCUT2D eigenvalue weighted by Gasteiger charge is -2.43. The van der Waals surface area contributed by atoms with E-state index in [0.717, 1.165) is 48.6 Å². The van der Waals surface area contributed by atoms with Gasteiger partial charge >= 0.3 is 0 Å². The highest BCUT2D eigenvalue weighted by Gasteiger charge is 2.38. The molecule has 0 saturated carbocycles. The number of rotatable bonds is 9. The van der Waals surface area contributed by atoms with Crippen molar-refractivity contribution >= 4 is 28.9 Å². The highest BCUT2D eigenvalue weighted by molar-refractivity contribution is 6.07. The Kier molecular flexibility index (Phi) is 8.65. The van der Waals surface area contributed by atoms with Crippen molar-refractivity contribution in [3.8, 4) is 0 Å². The Balaban J connectivity index is 1.67. The Morgan fingerprint density at radius 2 is 1.43 bits per heavy atom. The summed E-state index contributed by atoms with van der Waals surface area (Å²) in [6, 6.07) is 25.7. The van der Waals surface area contributed by atoms with Crippen LogP contribution in [0, 0.1) is 0 Å². The predicted molar refractivity (Wildman–Crippen MR) is 154 cm³/mol. The highest BCUT2D eigenvalue weighted by atomic mass is 16.2. The highest BCUT2D eigenvalue weighted by Crippen LogP contribution is 2.43. The molecule has 37 heavy (non-hydrogen) atoms. The van der Waals surface area contributed by atoms with E-state index < -0.39 is 0 Å². The molecule has 2 amide bonds. The normalized spacial score (nSPS) is 16.7. The topological polar surface area (TPSA) is 43.9 Å². The number of carbonyl (C=O) groups excluding carboxylic acids is 2. The monoisotopic (exact) mass is 497 g/mol. The number of nitrogens with zero attached hydrogens (tertiary/aromatic N) is 3. The lowest BCUT2D eigenvalue weighted by atomic mass is 9.89. The van der Waals surface area contributed by atoms with Crippen LogP contribution in [0.2, 0.25) is 0 Å². The Hall–Kier alpha value is -3.60. The molecule has 0 spiro atoms. The average molecular weight is 498 g/mol. The van der Waals surface area contributed by atoms with Crippen molar-refractivity contribution in [1.29, 1.82) is 0 Å². The first-order valence-corrected chi connectivity index (χ1v) is 13.6. The molecule has 4 rings (SSSR count). The molecule has 3 aromatic carbocycles. The van der Waals surface area contributed by atoms with Crippen molar-refractivity contribution in [1.82, 2.24) is 0 Å². The molecule has 1 aliphatic rings. The number of amides is 2. The number of fused-ring (bicyclic) bond motifs is 1. The van der Waals surface area contributed by atoms with Crippen LogP contribution in [0.5, 0.6) is 0 Å². The van der Waals surface area contributed by atoms with Crippen molar-refractivity contribution in [2.24, 2.45) is 0 Å². The third-order valence-electron chi connectivity index (χ3n) is 7.16. The Labute approximate surface area is 221 Å². The van der Waals surface area contributed by atoms with Crippen LogP contribution in [0.15, 0.2) is 78.9 Å². The van der Waals surface area contributed by atoms with Gasteiger partial charge in [-0.25, -0.2) is 0 Å². The van der Waals surface area contributed by atoms with Gasteiger partial charge in [0.1, 0.15) is 0 Å². The predicted octanol–water partition coefficient (Wildman–Crippen LogP) is 7.24. The van der Waals surface area contributed by atoms with Crippen molar-refractivity contribution < 1.29 is 9.59 Å². The first kappa shape index (κ1) is 26.5. The van der Waals surface area contributed by atoms with Gasteiger partial charge in [-0.15, -0.1) is 0 Å². The van der Waals surface area contributed by atoms with Crippen LogP contribution in [0.25, 0.3) is 0 Å².